The van der Waals surface area contributed by atoms with E-state index < -0.39 is 0 Å². The number of nitrogens with zero attached hydrogens (tertiary/aromatic N) is 2. The first-order valence-electron chi connectivity index (χ1n) is 3.26. The van der Waals surface area contributed by atoms with Gasteiger partial charge in [-0.3, -0.25) is 0 Å². The van der Waals surface area contributed by atoms with Crippen molar-refractivity contribution in [2.75, 3.05) is 13.1 Å². The minimum absolute atomic E-state index is 0.778. The molecule has 0 atom stereocenters. The van der Waals surface area contributed by atoms with Crippen molar-refractivity contribution in [1.82, 2.24) is 0 Å². The van der Waals surface area contributed by atoms with Crippen molar-refractivity contribution in [2.45, 2.75) is 19.8 Å². The van der Waals surface area contributed by atoms with Gasteiger partial charge in [-0.15, -0.1) is 0 Å². The van der Waals surface area contributed by atoms with Gasteiger partial charge >= 0.3 is 0 Å². The van der Waals surface area contributed by atoms with Gasteiger partial charge in [0.2, 0.25) is 0 Å². The smallest absolute Gasteiger partial charge is 0.0645 e. The molecule has 1 heterocycles. The molecule has 0 bridgehead atoms. The van der Waals surface area contributed by atoms with Crippen LogP contribution in [-0.4, -0.2) is 13.1 Å². The van der Waals surface area contributed by atoms with Crippen molar-refractivity contribution in [3.05, 3.63) is 0 Å². The van der Waals surface area contributed by atoms with E-state index in [9.17, 15) is 0 Å². The van der Waals surface area contributed by atoms with Crippen LogP contribution >= 0.6 is 0 Å². The first-order chi connectivity index (χ1) is 3.93. The van der Waals surface area contributed by atoms with Gasteiger partial charge in [-0.05, 0) is 6.42 Å². The summed E-state index contributed by atoms with van der Waals surface area (Å²) in [7, 11) is 0. The predicted octanol–water partition coefficient (Wildman–Crippen LogP) is 1.87. The third kappa shape index (κ3) is 1.29. The molecule has 2 heteroatoms. The minimum atomic E-state index is 0.778. The van der Waals surface area contributed by atoms with Crippen LogP contribution in [-0.2, 0) is 0 Å². The Labute approximate surface area is 50.0 Å². The Morgan fingerprint density at radius 1 is 1.38 bits per heavy atom. The van der Waals surface area contributed by atoms with Crippen LogP contribution in [0.1, 0.15) is 19.8 Å². The van der Waals surface area contributed by atoms with Gasteiger partial charge in [0.15, 0.2) is 0 Å². The Kier molecular flexibility index (Phi) is 2.00. The number of rotatable bonds is 2. The molecule has 0 unspecified atom stereocenters. The summed E-state index contributed by atoms with van der Waals surface area (Å²) in [5.41, 5.74) is 0. The summed E-state index contributed by atoms with van der Waals surface area (Å²) in [6, 6.07) is 0. The average molecular weight is 112 g/mol. The van der Waals surface area contributed by atoms with Gasteiger partial charge in [0.1, 0.15) is 0 Å². The fourth-order valence-electron chi connectivity index (χ4n) is 0.995. The molecule has 0 amide bonds. The minimum Gasteiger partial charge on any atom is -0.194 e. The topological polar surface area (TPSA) is 24.7 Å². The number of hydrogen-bond donors (Lipinski definition) is 0. The zero-order valence-electron chi connectivity index (χ0n) is 5.30. The lowest BCUT2D eigenvalue weighted by Crippen LogP contribution is -2.01. The van der Waals surface area contributed by atoms with Gasteiger partial charge in [-0.1, -0.05) is 13.3 Å². The molecule has 0 radical (unpaired) electrons. The number of azo groups is 1. The Hall–Kier alpha value is -0.400. The molecule has 0 saturated heterocycles. The van der Waals surface area contributed by atoms with Crippen molar-refractivity contribution in [3.63, 3.8) is 0 Å². The van der Waals surface area contributed by atoms with Crippen LogP contribution in [0.2, 0.25) is 0 Å². The molecular weight excluding hydrogens is 100 g/mol. The van der Waals surface area contributed by atoms with Crippen molar-refractivity contribution in [3.8, 4) is 0 Å². The highest BCUT2D eigenvalue weighted by molar-refractivity contribution is 4.67. The lowest BCUT2D eigenvalue weighted by atomic mass is 10.1. The Balaban J connectivity index is 2.10. The van der Waals surface area contributed by atoms with E-state index in [1.165, 1.54) is 12.8 Å². The summed E-state index contributed by atoms with van der Waals surface area (Å²) in [5.74, 6) is 0.778. The summed E-state index contributed by atoms with van der Waals surface area (Å²) in [4.78, 5) is 0. The normalized spacial score (nSPS) is 20.1. The summed E-state index contributed by atoms with van der Waals surface area (Å²) in [6.07, 6.45) is 2.57. The highest BCUT2D eigenvalue weighted by atomic mass is 15.1. The van der Waals surface area contributed by atoms with Gasteiger partial charge in [0, 0.05) is 5.92 Å². The molecule has 0 aliphatic carbocycles. The third-order valence-electron chi connectivity index (χ3n) is 1.48. The predicted molar refractivity (Wildman–Crippen MR) is 33.0 cm³/mol. The van der Waals surface area contributed by atoms with E-state index in [4.69, 9.17) is 0 Å². The van der Waals surface area contributed by atoms with Crippen LogP contribution in [0.3, 0.4) is 0 Å². The van der Waals surface area contributed by atoms with E-state index in [2.05, 4.69) is 17.2 Å². The van der Waals surface area contributed by atoms with Gasteiger partial charge < -0.3 is 0 Å². The standard InChI is InChI=1S/C6H12N2/c1-2-3-6-4-7-8-5-6/h6H,2-5H2,1H3. The quantitative estimate of drug-likeness (QED) is 0.521. The second-order valence-corrected chi connectivity index (χ2v) is 2.30. The van der Waals surface area contributed by atoms with E-state index in [0.29, 0.717) is 0 Å². The molecule has 0 aromatic heterocycles. The van der Waals surface area contributed by atoms with Crippen LogP contribution in [0.4, 0.5) is 0 Å². The van der Waals surface area contributed by atoms with E-state index in [1.807, 2.05) is 0 Å². The Morgan fingerprint density at radius 2 is 2.00 bits per heavy atom. The van der Waals surface area contributed by atoms with Gasteiger partial charge in [0.25, 0.3) is 0 Å². The van der Waals surface area contributed by atoms with Gasteiger partial charge in [-0.25, -0.2) is 0 Å². The zero-order chi connectivity index (χ0) is 5.82. The summed E-state index contributed by atoms with van der Waals surface area (Å²) in [5, 5.41) is 7.82. The molecule has 0 spiro atoms. The lowest BCUT2D eigenvalue weighted by molar-refractivity contribution is 0.546. The average Bonchev–Trinajstić information content (AvgIpc) is 2.19. The SMILES string of the molecule is CCCC1CN=NC1. The van der Waals surface area contributed by atoms with Crippen molar-refractivity contribution < 1.29 is 0 Å². The van der Waals surface area contributed by atoms with Crippen molar-refractivity contribution in [2.24, 2.45) is 16.1 Å². The van der Waals surface area contributed by atoms with Crippen molar-refractivity contribution in [1.29, 1.82) is 0 Å². The fraction of sp³-hybridized carbons (Fsp3) is 1.00. The van der Waals surface area contributed by atoms with E-state index in [-0.39, 0.29) is 0 Å². The second-order valence-electron chi connectivity index (χ2n) is 2.30. The third-order valence-corrected chi connectivity index (χ3v) is 1.48. The van der Waals surface area contributed by atoms with Crippen LogP contribution in [0.5, 0.6) is 0 Å². The molecular formula is C6H12N2. The summed E-state index contributed by atoms with van der Waals surface area (Å²) in [6.45, 7) is 4.17. The summed E-state index contributed by atoms with van der Waals surface area (Å²) >= 11 is 0. The molecule has 0 fully saturated rings. The molecule has 1 aliphatic heterocycles. The van der Waals surface area contributed by atoms with Crippen LogP contribution < -0.4 is 0 Å². The molecule has 0 N–H and O–H groups in total. The van der Waals surface area contributed by atoms with Gasteiger partial charge in [-0.2, -0.15) is 10.2 Å². The first-order valence-corrected chi connectivity index (χ1v) is 3.26. The maximum atomic E-state index is 3.91. The van der Waals surface area contributed by atoms with Crippen LogP contribution in [0.15, 0.2) is 10.2 Å². The van der Waals surface area contributed by atoms with E-state index in [1.54, 1.807) is 0 Å². The molecule has 0 aromatic carbocycles. The highest BCUT2D eigenvalue weighted by Gasteiger charge is 2.09. The van der Waals surface area contributed by atoms with E-state index in [0.717, 1.165) is 19.0 Å². The molecule has 1 aliphatic rings. The Bertz CT molecular complexity index is 80.5. The highest BCUT2D eigenvalue weighted by Crippen LogP contribution is 2.12. The van der Waals surface area contributed by atoms with E-state index >= 15 is 0 Å². The molecule has 1 rings (SSSR count). The molecule has 0 saturated carbocycles. The number of hydrogen-bond acceptors (Lipinski definition) is 2. The van der Waals surface area contributed by atoms with Crippen LogP contribution in [0.25, 0.3) is 0 Å². The molecule has 46 valence electrons. The molecule has 8 heavy (non-hydrogen) atoms. The maximum absolute atomic E-state index is 3.91. The summed E-state index contributed by atoms with van der Waals surface area (Å²) < 4.78 is 0. The van der Waals surface area contributed by atoms with Crippen LogP contribution in [0, 0.1) is 5.92 Å². The zero-order valence-corrected chi connectivity index (χ0v) is 5.30. The second kappa shape index (κ2) is 2.80. The Morgan fingerprint density at radius 3 is 2.50 bits per heavy atom. The first kappa shape index (κ1) is 5.73. The van der Waals surface area contributed by atoms with Gasteiger partial charge in [0.05, 0.1) is 13.1 Å². The molecule has 2 nitrogen and oxygen atoms in total. The largest absolute Gasteiger partial charge is 0.194 e. The molecule has 0 aromatic rings. The maximum Gasteiger partial charge on any atom is 0.0645 e. The van der Waals surface area contributed by atoms with Crippen molar-refractivity contribution >= 4 is 0 Å². The lowest BCUT2D eigenvalue weighted by Gasteiger charge is -2.00. The fourth-order valence-corrected chi connectivity index (χ4v) is 0.995. The monoisotopic (exact) mass is 112 g/mol.